The van der Waals surface area contributed by atoms with Gasteiger partial charge in [0.2, 0.25) is 0 Å². The number of carbonyl (C=O) groups excluding carboxylic acids is 1. The third-order valence-corrected chi connectivity index (χ3v) is 8.68. The number of aromatic nitrogens is 2. The monoisotopic (exact) mass is 513 g/mol. The van der Waals surface area contributed by atoms with Gasteiger partial charge in [-0.2, -0.15) is 5.10 Å². The van der Waals surface area contributed by atoms with E-state index < -0.39 is 15.9 Å². The molecule has 1 saturated heterocycles. The molecule has 8 nitrogen and oxygen atoms in total. The fraction of sp³-hybridized carbons (Fsp3) is 0.385. The molecule has 36 heavy (non-hydrogen) atoms. The first-order chi connectivity index (χ1) is 17.3. The predicted molar refractivity (Wildman–Crippen MR) is 134 cm³/mol. The molecule has 3 heterocycles. The third-order valence-electron chi connectivity index (χ3n) is 6.88. The summed E-state index contributed by atoms with van der Waals surface area (Å²) in [4.78, 5) is 14.2. The average Bonchev–Trinajstić information content (AvgIpc) is 3.34. The Morgan fingerprint density at radius 3 is 2.64 bits per heavy atom. The van der Waals surface area contributed by atoms with Gasteiger partial charge in [0.25, 0.3) is 0 Å². The lowest BCUT2D eigenvalue weighted by molar-refractivity contribution is 0.175. The molecule has 5 rings (SSSR count). The van der Waals surface area contributed by atoms with Crippen molar-refractivity contribution in [3.8, 4) is 22.6 Å². The van der Waals surface area contributed by atoms with Gasteiger partial charge in [0.05, 0.1) is 36.5 Å². The molecule has 2 atom stereocenters. The van der Waals surface area contributed by atoms with E-state index in [-0.39, 0.29) is 29.4 Å². The van der Waals surface area contributed by atoms with Crippen LogP contribution in [0.2, 0.25) is 0 Å². The highest BCUT2D eigenvalue weighted by Gasteiger charge is 2.33. The van der Waals surface area contributed by atoms with Crippen LogP contribution in [0.1, 0.15) is 37.8 Å². The Morgan fingerprint density at radius 1 is 1.14 bits per heavy atom. The third kappa shape index (κ3) is 4.69. The fourth-order valence-electron chi connectivity index (χ4n) is 5.03. The quantitative estimate of drug-likeness (QED) is 0.480. The van der Waals surface area contributed by atoms with Gasteiger partial charge in [-0.25, -0.2) is 17.6 Å². The van der Waals surface area contributed by atoms with Gasteiger partial charge in [-0.3, -0.25) is 9.58 Å². The summed E-state index contributed by atoms with van der Waals surface area (Å²) in [6, 6.07) is 9.24. The van der Waals surface area contributed by atoms with Gasteiger partial charge in [-0.15, -0.1) is 0 Å². The molecule has 0 bridgehead atoms. The van der Waals surface area contributed by atoms with Crippen molar-refractivity contribution in [2.75, 3.05) is 23.5 Å². The number of hydrogen-bond donors (Lipinski definition) is 0. The van der Waals surface area contributed by atoms with Gasteiger partial charge in [-0.1, -0.05) is 0 Å². The van der Waals surface area contributed by atoms with Crippen molar-refractivity contribution >= 4 is 21.6 Å². The summed E-state index contributed by atoms with van der Waals surface area (Å²) < 4.78 is 50.9. The Labute approximate surface area is 209 Å². The van der Waals surface area contributed by atoms with Crippen LogP contribution in [-0.2, 0) is 21.0 Å². The van der Waals surface area contributed by atoms with Gasteiger partial charge in [0.15, 0.2) is 9.84 Å². The lowest BCUT2D eigenvalue weighted by Crippen LogP contribution is -2.42. The van der Waals surface area contributed by atoms with Crippen molar-refractivity contribution in [3.63, 3.8) is 0 Å². The Morgan fingerprint density at radius 2 is 1.92 bits per heavy atom. The molecule has 1 fully saturated rings. The molecule has 1 amide bonds. The first-order valence-corrected chi connectivity index (χ1v) is 13.8. The van der Waals surface area contributed by atoms with E-state index in [4.69, 9.17) is 9.47 Å². The lowest BCUT2D eigenvalue weighted by Gasteiger charge is -2.35. The lowest BCUT2D eigenvalue weighted by atomic mass is 9.92. The van der Waals surface area contributed by atoms with Crippen molar-refractivity contribution in [1.82, 2.24) is 9.78 Å². The van der Waals surface area contributed by atoms with Crippen LogP contribution in [0.4, 0.5) is 14.9 Å². The molecule has 2 unspecified atom stereocenters. The number of carbonyl (C=O) groups is 1. The first kappa shape index (κ1) is 24.3. The standard InChI is InChI=1S/C26H28FN3O5S/c1-17-5-10-23-24(30(17)26(31)34-2)12-11-22(25(23)35-21-8-6-19(27)7-9-21)18-14-28-29(15-18)20-4-3-13-36(32,33)16-20/h6-9,11-12,14-15,17,20H,3-5,10,13,16H2,1-2H3. The van der Waals surface area contributed by atoms with Crippen molar-refractivity contribution < 1.29 is 27.1 Å². The Bertz CT molecular complexity index is 1390. The number of amides is 1. The van der Waals surface area contributed by atoms with E-state index in [2.05, 4.69) is 5.10 Å². The van der Waals surface area contributed by atoms with E-state index in [1.807, 2.05) is 25.3 Å². The van der Waals surface area contributed by atoms with Gasteiger partial charge < -0.3 is 9.47 Å². The van der Waals surface area contributed by atoms with Crippen LogP contribution in [0.25, 0.3) is 11.1 Å². The maximum atomic E-state index is 13.5. The SMILES string of the molecule is COC(=O)N1c2ccc(-c3cnn(C4CCCS(=O)(=O)C4)c3)c(Oc3ccc(F)cc3)c2CCC1C. The minimum absolute atomic E-state index is 0.0505. The largest absolute Gasteiger partial charge is 0.456 e. The normalized spacial score (nSPS) is 21.0. The number of halogens is 1. The van der Waals surface area contributed by atoms with Crippen LogP contribution < -0.4 is 9.64 Å². The number of hydrogen-bond acceptors (Lipinski definition) is 6. The molecule has 0 N–H and O–H groups in total. The Balaban J connectivity index is 1.59. The molecule has 0 aliphatic carbocycles. The Kier molecular flexibility index (Phi) is 6.46. The molecule has 2 aromatic carbocycles. The Hall–Kier alpha value is -3.40. The van der Waals surface area contributed by atoms with Crippen molar-refractivity contribution in [2.45, 2.75) is 44.7 Å². The molecular weight excluding hydrogens is 485 g/mol. The molecule has 1 aromatic heterocycles. The molecular formula is C26H28FN3O5S. The second-order valence-electron chi connectivity index (χ2n) is 9.34. The number of sulfone groups is 1. The van der Waals surface area contributed by atoms with Gasteiger partial charge in [0.1, 0.15) is 17.3 Å². The van der Waals surface area contributed by atoms with E-state index >= 15 is 0 Å². The zero-order valence-electron chi connectivity index (χ0n) is 20.2. The molecule has 0 spiro atoms. The number of ether oxygens (including phenoxy) is 2. The number of fused-ring (bicyclic) bond motifs is 1. The van der Waals surface area contributed by atoms with Crippen LogP contribution >= 0.6 is 0 Å². The van der Waals surface area contributed by atoms with Crippen molar-refractivity contribution in [1.29, 1.82) is 0 Å². The minimum atomic E-state index is -3.09. The summed E-state index contributed by atoms with van der Waals surface area (Å²) in [6.45, 7) is 1.97. The number of benzene rings is 2. The number of methoxy groups -OCH3 is 1. The van der Waals surface area contributed by atoms with E-state index in [1.165, 1.54) is 19.2 Å². The van der Waals surface area contributed by atoms with Gasteiger partial charge >= 0.3 is 6.09 Å². The second-order valence-corrected chi connectivity index (χ2v) is 11.6. The molecule has 2 aliphatic heterocycles. The average molecular weight is 514 g/mol. The molecule has 2 aliphatic rings. The maximum absolute atomic E-state index is 13.5. The highest BCUT2D eigenvalue weighted by molar-refractivity contribution is 7.91. The molecule has 0 saturated carbocycles. The topological polar surface area (TPSA) is 90.7 Å². The molecule has 190 valence electrons. The number of anilines is 1. The summed E-state index contributed by atoms with van der Waals surface area (Å²) >= 11 is 0. The van der Waals surface area contributed by atoms with E-state index in [0.717, 1.165) is 23.1 Å². The number of rotatable bonds is 4. The summed E-state index contributed by atoms with van der Waals surface area (Å²) in [6.07, 6.45) is 5.83. The molecule has 0 radical (unpaired) electrons. The first-order valence-electron chi connectivity index (χ1n) is 12.0. The van der Waals surface area contributed by atoms with Gasteiger partial charge in [-0.05, 0) is 69.0 Å². The van der Waals surface area contributed by atoms with Crippen LogP contribution in [0.5, 0.6) is 11.5 Å². The predicted octanol–water partition coefficient (Wildman–Crippen LogP) is 5.14. The van der Waals surface area contributed by atoms with Gasteiger partial charge in [0, 0.05) is 28.9 Å². The summed E-state index contributed by atoms with van der Waals surface area (Å²) in [5.74, 6) is 0.930. The van der Waals surface area contributed by atoms with E-state index in [1.54, 1.807) is 27.9 Å². The van der Waals surface area contributed by atoms with Crippen molar-refractivity contribution in [3.05, 3.63) is 60.2 Å². The molecule has 10 heteroatoms. The maximum Gasteiger partial charge on any atom is 0.414 e. The molecule has 3 aromatic rings. The van der Waals surface area contributed by atoms with Crippen LogP contribution in [0.15, 0.2) is 48.8 Å². The summed E-state index contributed by atoms with van der Waals surface area (Å²) in [5, 5.41) is 4.48. The second kappa shape index (κ2) is 9.57. The van der Waals surface area contributed by atoms with E-state index in [9.17, 15) is 17.6 Å². The fourth-order valence-corrected chi connectivity index (χ4v) is 6.71. The minimum Gasteiger partial charge on any atom is -0.456 e. The van der Waals surface area contributed by atoms with Crippen LogP contribution in [0.3, 0.4) is 0 Å². The highest BCUT2D eigenvalue weighted by Crippen LogP contribution is 2.45. The smallest absolute Gasteiger partial charge is 0.414 e. The summed E-state index contributed by atoms with van der Waals surface area (Å²) in [5.41, 5.74) is 3.06. The highest BCUT2D eigenvalue weighted by atomic mass is 32.2. The van der Waals surface area contributed by atoms with Crippen LogP contribution in [0, 0.1) is 5.82 Å². The van der Waals surface area contributed by atoms with Crippen LogP contribution in [-0.4, -0.2) is 48.9 Å². The zero-order valence-corrected chi connectivity index (χ0v) is 21.0. The number of nitrogens with zero attached hydrogens (tertiary/aromatic N) is 3. The summed E-state index contributed by atoms with van der Waals surface area (Å²) in [7, 11) is -1.73. The van der Waals surface area contributed by atoms with Crippen molar-refractivity contribution in [2.24, 2.45) is 0 Å². The van der Waals surface area contributed by atoms with E-state index in [0.29, 0.717) is 36.4 Å². The zero-order chi connectivity index (χ0) is 25.4.